The number of aromatic nitrogens is 4. The summed E-state index contributed by atoms with van der Waals surface area (Å²) >= 11 is 0. The summed E-state index contributed by atoms with van der Waals surface area (Å²) in [5.41, 5.74) is 0.900. The van der Waals surface area contributed by atoms with Crippen molar-refractivity contribution < 1.29 is 9.18 Å². The lowest BCUT2D eigenvalue weighted by Crippen LogP contribution is -2.53. The Morgan fingerprint density at radius 1 is 1.17 bits per heavy atom. The first kappa shape index (κ1) is 19.5. The summed E-state index contributed by atoms with van der Waals surface area (Å²) < 4.78 is 13.1. The molecule has 4 rings (SSSR count). The highest BCUT2D eigenvalue weighted by molar-refractivity contribution is 5.81. The third-order valence-electron chi connectivity index (χ3n) is 4.72. The maximum Gasteiger partial charge on any atom is 0.226 e. The van der Waals surface area contributed by atoms with Crippen LogP contribution in [0.2, 0.25) is 0 Å². The Morgan fingerprint density at radius 3 is 2.67 bits per heavy atom. The fraction of sp³-hybridized carbons (Fsp3) is 0.250. The highest BCUT2D eigenvalue weighted by atomic mass is 19.1. The van der Waals surface area contributed by atoms with Crippen LogP contribution in [-0.4, -0.2) is 46.0 Å². The molecule has 0 saturated carbocycles. The Morgan fingerprint density at radius 2 is 1.97 bits per heavy atom. The van der Waals surface area contributed by atoms with Crippen LogP contribution in [0.15, 0.2) is 48.9 Å². The number of carbonyl (C=O) groups is 1. The number of amides is 1. The van der Waals surface area contributed by atoms with Gasteiger partial charge in [-0.1, -0.05) is 12.1 Å². The molecule has 0 bridgehead atoms. The fourth-order valence-electron chi connectivity index (χ4n) is 3.05. The van der Waals surface area contributed by atoms with E-state index in [1.807, 2.05) is 4.90 Å². The molecule has 0 unspecified atom stereocenters. The van der Waals surface area contributed by atoms with Gasteiger partial charge in [-0.05, 0) is 17.7 Å². The number of nitrogens with one attached hydrogen (secondary N) is 3. The van der Waals surface area contributed by atoms with Gasteiger partial charge in [-0.15, -0.1) is 0 Å². The van der Waals surface area contributed by atoms with E-state index in [1.54, 1.807) is 43.8 Å². The first-order valence-corrected chi connectivity index (χ1v) is 9.47. The minimum Gasteiger partial charge on any atom is -0.359 e. The number of halogens is 1. The fourth-order valence-corrected chi connectivity index (χ4v) is 3.05. The van der Waals surface area contributed by atoms with Crippen LogP contribution in [0.4, 0.5) is 27.8 Å². The molecule has 3 N–H and O–H groups in total. The Labute approximate surface area is 172 Å². The second kappa shape index (κ2) is 8.68. The van der Waals surface area contributed by atoms with Crippen LogP contribution < -0.4 is 20.9 Å². The molecule has 0 spiro atoms. The average molecular weight is 408 g/mol. The average Bonchev–Trinajstić information content (AvgIpc) is 2.73. The lowest BCUT2D eigenvalue weighted by Gasteiger charge is -2.39. The quantitative estimate of drug-likeness (QED) is 0.544. The van der Waals surface area contributed by atoms with Crippen LogP contribution in [0, 0.1) is 11.7 Å². The van der Waals surface area contributed by atoms with Crippen LogP contribution in [0.25, 0.3) is 0 Å². The van der Waals surface area contributed by atoms with Crippen LogP contribution in [0.5, 0.6) is 0 Å². The molecular formula is C20H21FN8O. The van der Waals surface area contributed by atoms with E-state index < -0.39 is 0 Å². The maximum atomic E-state index is 13.1. The molecule has 0 atom stereocenters. The summed E-state index contributed by atoms with van der Waals surface area (Å²) in [5.74, 6) is 1.88. The Balaban J connectivity index is 1.52. The van der Waals surface area contributed by atoms with E-state index in [2.05, 4.69) is 35.9 Å². The molecule has 3 heterocycles. The van der Waals surface area contributed by atoms with Crippen molar-refractivity contribution in [3.8, 4) is 0 Å². The minimum absolute atomic E-state index is 0.0212. The lowest BCUT2D eigenvalue weighted by molar-refractivity contribution is -0.125. The van der Waals surface area contributed by atoms with Crippen LogP contribution >= 0.6 is 0 Å². The predicted octanol–water partition coefficient (Wildman–Crippen LogP) is 1.94. The number of nitrogens with zero attached hydrogens (tertiary/aromatic N) is 5. The first-order chi connectivity index (χ1) is 14.6. The van der Waals surface area contributed by atoms with E-state index in [4.69, 9.17) is 0 Å². The molecule has 3 aromatic rings. The van der Waals surface area contributed by atoms with Gasteiger partial charge in [0.05, 0.1) is 12.1 Å². The minimum atomic E-state index is -0.282. The van der Waals surface area contributed by atoms with Gasteiger partial charge in [0.1, 0.15) is 23.3 Å². The molecule has 2 aromatic heterocycles. The molecule has 1 aliphatic rings. The molecule has 1 fully saturated rings. The summed E-state index contributed by atoms with van der Waals surface area (Å²) in [6, 6.07) is 8.03. The summed E-state index contributed by atoms with van der Waals surface area (Å²) in [6.07, 6.45) is 4.77. The second-order valence-corrected chi connectivity index (χ2v) is 6.85. The highest BCUT2D eigenvalue weighted by Crippen LogP contribution is 2.27. The molecule has 1 amide bonds. The van der Waals surface area contributed by atoms with E-state index >= 15 is 0 Å². The standard InChI is InChI=1S/C20H21FN8O/c1-22-19(30)14-11-29(12-14)18-8-16(26-17-10-23-6-7-24-17)27-20(28-18)25-9-13-2-4-15(21)5-3-13/h2-8,10,14H,9,11-12H2,1H3,(H,22,30)(H2,24,25,26,27,28). The summed E-state index contributed by atoms with van der Waals surface area (Å²) in [4.78, 5) is 31.1. The summed E-state index contributed by atoms with van der Waals surface area (Å²) in [5, 5.41) is 8.96. The van der Waals surface area contributed by atoms with E-state index in [9.17, 15) is 9.18 Å². The van der Waals surface area contributed by atoms with Crippen molar-refractivity contribution in [1.82, 2.24) is 25.3 Å². The van der Waals surface area contributed by atoms with Gasteiger partial charge in [0, 0.05) is 45.1 Å². The molecular weight excluding hydrogens is 387 g/mol. The van der Waals surface area contributed by atoms with Gasteiger partial charge in [-0.2, -0.15) is 9.97 Å². The number of carbonyl (C=O) groups excluding carboxylic acids is 1. The normalized spacial score (nSPS) is 13.5. The van der Waals surface area contributed by atoms with Crippen molar-refractivity contribution in [2.75, 3.05) is 35.7 Å². The monoisotopic (exact) mass is 408 g/mol. The molecule has 1 saturated heterocycles. The zero-order valence-corrected chi connectivity index (χ0v) is 16.3. The third-order valence-corrected chi connectivity index (χ3v) is 4.72. The van der Waals surface area contributed by atoms with Gasteiger partial charge in [0.25, 0.3) is 0 Å². The van der Waals surface area contributed by atoms with Crippen LogP contribution in [-0.2, 0) is 11.3 Å². The summed E-state index contributed by atoms with van der Waals surface area (Å²) in [6.45, 7) is 1.60. The number of hydrogen-bond donors (Lipinski definition) is 3. The van der Waals surface area contributed by atoms with Gasteiger partial charge in [-0.3, -0.25) is 9.78 Å². The summed E-state index contributed by atoms with van der Waals surface area (Å²) in [7, 11) is 1.63. The number of rotatable bonds is 7. The molecule has 1 aliphatic heterocycles. The molecule has 9 nitrogen and oxygen atoms in total. The zero-order valence-electron chi connectivity index (χ0n) is 16.3. The second-order valence-electron chi connectivity index (χ2n) is 6.85. The van der Waals surface area contributed by atoms with E-state index in [-0.39, 0.29) is 17.6 Å². The molecule has 10 heteroatoms. The van der Waals surface area contributed by atoms with Crippen molar-refractivity contribution in [2.45, 2.75) is 6.54 Å². The first-order valence-electron chi connectivity index (χ1n) is 9.47. The van der Waals surface area contributed by atoms with Crippen LogP contribution in [0.3, 0.4) is 0 Å². The van der Waals surface area contributed by atoms with Gasteiger partial charge in [-0.25, -0.2) is 9.37 Å². The molecule has 0 aliphatic carbocycles. The van der Waals surface area contributed by atoms with Crippen molar-refractivity contribution in [3.05, 3.63) is 60.3 Å². The number of hydrogen-bond acceptors (Lipinski definition) is 8. The van der Waals surface area contributed by atoms with Gasteiger partial charge < -0.3 is 20.9 Å². The highest BCUT2D eigenvalue weighted by Gasteiger charge is 2.33. The predicted molar refractivity (Wildman–Crippen MR) is 111 cm³/mol. The van der Waals surface area contributed by atoms with E-state index in [0.29, 0.717) is 43.0 Å². The van der Waals surface area contributed by atoms with Crippen LogP contribution in [0.1, 0.15) is 5.56 Å². The van der Waals surface area contributed by atoms with Crippen molar-refractivity contribution in [2.24, 2.45) is 5.92 Å². The van der Waals surface area contributed by atoms with Crippen molar-refractivity contribution in [3.63, 3.8) is 0 Å². The topological polar surface area (TPSA) is 108 Å². The molecule has 0 radical (unpaired) electrons. The zero-order chi connectivity index (χ0) is 20.9. The van der Waals surface area contributed by atoms with Gasteiger partial charge in [0.15, 0.2) is 0 Å². The Hall–Kier alpha value is -3.82. The van der Waals surface area contributed by atoms with Crippen molar-refractivity contribution >= 4 is 29.3 Å². The Kier molecular flexibility index (Phi) is 5.64. The third kappa shape index (κ3) is 4.59. The molecule has 1 aromatic carbocycles. The van der Waals surface area contributed by atoms with Gasteiger partial charge in [0.2, 0.25) is 11.9 Å². The molecule has 154 valence electrons. The smallest absolute Gasteiger partial charge is 0.226 e. The lowest BCUT2D eigenvalue weighted by atomic mass is 9.99. The SMILES string of the molecule is CNC(=O)C1CN(c2cc(Nc3cnccn3)nc(NCc3ccc(F)cc3)n2)C1. The Bertz CT molecular complexity index is 1010. The largest absolute Gasteiger partial charge is 0.359 e. The maximum absolute atomic E-state index is 13.1. The van der Waals surface area contributed by atoms with Crippen molar-refractivity contribution in [1.29, 1.82) is 0 Å². The molecule has 30 heavy (non-hydrogen) atoms. The number of benzene rings is 1. The van der Waals surface area contributed by atoms with Gasteiger partial charge >= 0.3 is 0 Å². The van der Waals surface area contributed by atoms with E-state index in [0.717, 1.165) is 5.56 Å². The van der Waals surface area contributed by atoms with E-state index in [1.165, 1.54) is 12.1 Å². The number of anilines is 4.